The summed E-state index contributed by atoms with van der Waals surface area (Å²) in [6, 6.07) is 2.14. The van der Waals surface area contributed by atoms with Crippen LogP contribution < -0.4 is 10.6 Å². The molecule has 0 aliphatic carbocycles. The van der Waals surface area contributed by atoms with E-state index in [1.165, 1.54) is 0 Å². The van der Waals surface area contributed by atoms with Gasteiger partial charge in [0.15, 0.2) is 5.82 Å². The van der Waals surface area contributed by atoms with Crippen molar-refractivity contribution < 1.29 is 4.79 Å². The fraction of sp³-hybridized carbons (Fsp3) is 0.500. The van der Waals surface area contributed by atoms with Crippen molar-refractivity contribution in [3.8, 4) is 0 Å². The van der Waals surface area contributed by atoms with Crippen molar-refractivity contribution in [1.82, 2.24) is 19.9 Å². The van der Waals surface area contributed by atoms with Gasteiger partial charge in [0.2, 0.25) is 5.91 Å². The lowest BCUT2D eigenvalue weighted by Crippen LogP contribution is -2.33. The Morgan fingerprint density at radius 3 is 3.00 bits per heavy atom. The summed E-state index contributed by atoms with van der Waals surface area (Å²) < 4.78 is 1.94. The van der Waals surface area contributed by atoms with Crippen LogP contribution in [0.1, 0.15) is 26.7 Å². The summed E-state index contributed by atoms with van der Waals surface area (Å²) in [6.07, 6.45) is 4.86. The van der Waals surface area contributed by atoms with E-state index in [0.29, 0.717) is 13.0 Å². The normalized spacial score (nSPS) is 12.3. The van der Waals surface area contributed by atoms with Crippen LogP contribution in [0.5, 0.6) is 0 Å². The maximum atomic E-state index is 11.7. The van der Waals surface area contributed by atoms with Gasteiger partial charge in [-0.15, -0.1) is 0 Å². The number of amides is 1. The van der Waals surface area contributed by atoms with Crippen molar-refractivity contribution in [3.63, 3.8) is 0 Å². The number of hydrogen-bond donors (Lipinski definition) is 2. The molecule has 2 aromatic heterocycles. The van der Waals surface area contributed by atoms with E-state index in [-0.39, 0.29) is 11.9 Å². The molecule has 1 atom stereocenters. The van der Waals surface area contributed by atoms with Gasteiger partial charge in [0.1, 0.15) is 5.52 Å². The van der Waals surface area contributed by atoms with Gasteiger partial charge in [0, 0.05) is 32.3 Å². The number of nitrogens with one attached hydrogen (secondary N) is 2. The quantitative estimate of drug-likeness (QED) is 0.841. The monoisotopic (exact) mass is 275 g/mol. The zero-order chi connectivity index (χ0) is 14.5. The average Bonchev–Trinajstić information content (AvgIpc) is 2.81. The van der Waals surface area contributed by atoms with E-state index in [4.69, 9.17) is 0 Å². The van der Waals surface area contributed by atoms with Gasteiger partial charge in [-0.05, 0) is 19.4 Å². The molecule has 2 heterocycles. The van der Waals surface area contributed by atoms with E-state index >= 15 is 0 Å². The molecule has 0 bridgehead atoms. The molecule has 2 aromatic rings. The third-order valence-electron chi connectivity index (χ3n) is 3.31. The van der Waals surface area contributed by atoms with Crippen LogP contribution in [0, 0.1) is 0 Å². The molecule has 6 nitrogen and oxygen atoms in total. The molecule has 0 saturated heterocycles. The van der Waals surface area contributed by atoms with Crippen molar-refractivity contribution in [2.24, 2.45) is 7.05 Å². The number of anilines is 1. The van der Waals surface area contributed by atoms with Crippen molar-refractivity contribution in [2.75, 3.05) is 11.9 Å². The highest BCUT2D eigenvalue weighted by Gasteiger charge is 2.08. The molecule has 0 saturated carbocycles. The number of aryl methyl sites for hydroxylation is 1. The van der Waals surface area contributed by atoms with Crippen molar-refractivity contribution in [2.45, 2.75) is 32.7 Å². The highest BCUT2D eigenvalue weighted by atomic mass is 16.1. The molecule has 0 aromatic carbocycles. The predicted octanol–water partition coefficient (Wildman–Crippen LogP) is 1.68. The fourth-order valence-corrected chi connectivity index (χ4v) is 1.94. The summed E-state index contributed by atoms with van der Waals surface area (Å²) in [5.74, 6) is 0.777. The van der Waals surface area contributed by atoms with E-state index in [1.807, 2.05) is 24.6 Å². The van der Waals surface area contributed by atoms with Gasteiger partial charge in [0.25, 0.3) is 0 Å². The average molecular weight is 275 g/mol. The minimum atomic E-state index is 0.0556. The number of rotatable bonds is 6. The molecule has 108 valence electrons. The summed E-state index contributed by atoms with van der Waals surface area (Å²) in [6.45, 7) is 4.60. The van der Waals surface area contributed by atoms with Crippen LogP contribution in [-0.2, 0) is 11.8 Å². The number of carbonyl (C=O) groups is 1. The van der Waals surface area contributed by atoms with Crippen LogP contribution >= 0.6 is 0 Å². The molecule has 2 rings (SSSR count). The molecular formula is C14H21N5O. The van der Waals surface area contributed by atoms with Gasteiger partial charge in [-0.3, -0.25) is 4.79 Å². The minimum absolute atomic E-state index is 0.0556. The largest absolute Gasteiger partial charge is 0.368 e. The van der Waals surface area contributed by atoms with E-state index in [1.54, 1.807) is 12.5 Å². The Kier molecular flexibility index (Phi) is 4.55. The number of pyridine rings is 1. The Morgan fingerprint density at radius 1 is 1.45 bits per heavy atom. The second-order valence-corrected chi connectivity index (χ2v) is 4.94. The third-order valence-corrected chi connectivity index (χ3v) is 3.31. The lowest BCUT2D eigenvalue weighted by molar-refractivity contribution is -0.121. The summed E-state index contributed by atoms with van der Waals surface area (Å²) in [4.78, 5) is 20.3. The summed E-state index contributed by atoms with van der Waals surface area (Å²) in [5.41, 5.74) is 1.85. The van der Waals surface area contributed by atoms with Gasteiger partial charge in [-0.25, -0.2) is 9.97 Å². The molecule has 0 spiro atoms. The van der Waals surface area contributed by atoms with Crippen LogP contribution in [0.25, 0.3) is 11.0 Å². The standard InChI is InChI=1S/C14H21N5O/c1-4-10(2)18-12(20)6-8-16-14-13-11(5-7-15-14)19(3)9-17-13/h5,7,9-10H,4,6,8H2,1-3H3,(H,15,16)(H,18,20). The summed E-state index contributed by atoms with van der Waals surface area (Å²) in [5, 5.41) is 6.11. The van der Waals surface area contributed by atoms with Crippen molar-refractivity contribution >= 4 is 22.8 Å². The fourth-order valence-electron chi connectivity index (χ4n) is 1.94. The number of imidazole rings is 1. The Labute approximate surface area is 118 Å². The van der Waals surface area contributed by atoms with Gasteiger partial charge in [-0.2, -0.15) is 0 Å². The molecule has 20 heavy (non-hydrogen) atoms. The third kappa shape index (κ3) is 3.26. The van der Waals surface area contributed by atoms with Gasteiger partial charge >= 0.3 is 0 Å². The second kappa shape index (κ2) is 6.36. The smallest absolute Gasteiger partial charge is 0.221 e. The SMILES string of the molecule is CCC(C)NC(=O)CCNc1nccc2c1ncn2C. The Hall–Kier alpha value is -2.11. The van der Waals surface area contributed by atoms with Crippen LogP contribution in [0.4, 0.5) is 5.82 Å². The van der Waals surface area contributed by atoms with Gasteiger partial charge in [-0.1, -0.05) is 6.92 Å². The van der Waals surface area contributed by atoms with Crippen molar-refractivity contribution in [1.29, 1.82) is 0 Å². The second-order valence-electron chi connectivity index (χ2n) is 4.94. The number of nitrogens with zero attached hydrogens (tertiary/aromatic N) is 3. The lowest BCUT2D eigenvalue weighted by atomic mass is 10.2. The highest BCUT2D eigenvalue weighted by Crippen LogP contribution is 2.18. The molecule has 0 fully saturated rings. The van der Waals surface area contributed by atoms with Crippen LogP contribution in [0.2, 0.25) is 0 Å². The molecule has 0 radical (unpaired) electrons. The zero-order valence-corrected chi connectivity index (χ0v) is 12.2. The number of carbonyl (C=O) groups excluding carboxylic acids is 1. The number of aromatic nitrogens is 3. The molecule has 1 unspecified atom stereocenters. The van der Waals surface area contributed by atoms with E-state index in [2.05, 4.69) is 27.5 Å². The maximum Gasteiger partial charge on any atom is 0.221 e. The van der Waals surface area contributed by atoms with Crippen LogP contribution in [0.15, 0.2) is 18.6 Å². The summed E-state index contributed by atoms with van der Waals surface area (Å²) >= 11 is 0. The Bertz CT molecular complexity index is 592. The maximum absolute atomic E-state index is 11.7. The number of fused-ring (bicyclic) bond motifs is 1. The molecule has 6 heteroatoms. The Balaban J connectivity index is 1.92. The number of hydrogen-bond acceptors (Lipinski definition) is 4. The molecule has 1 amide bonds. The predicted molar refractivity (Wildman–Crippen MR) is 79.5 cm³/mol. The molecule has 0 aliphatic heterocycles. The first-order chi connectivity index (χ1) is 9.61. The molecule has 2 N–H and O–H groups in total. The topological polar surface area (TPSA) is 71.8 Å². The van der Waals surface area contributed by atoms with Crippen molar-refractivity contribution in [3.05, 3.63) is 18.6 Å². The van der Waals surface area contributed by atoms with E-state index in [9.17, 15) is 4.79 Å². The molecule has 0 aliphatic rings. The molecular weight excluding hydrogens is 254 g/mol. The summed E-state index contributed by atoms with van der Waals surface area (Å²) in [7, 11) is 1.94. The lowest BCUT2D eigenvalue weighted by Gasteiger charge is -2.11. The first kappa shape index (κ1) is 14.3. The van der Waals surface area contributed by atoms with E-state index in [0.717, 1.165) is 23.3 Å². The van der Waals surface area contributed by atoms with Gasteiger partial charge < -0.3 is 15.2 Å². The van der Waals surface area contributed by atoms with Crippen LogP contribution in [0.3, 0.4) is 0 Å². The van der Waals surface area contributed by atoms with Crippen LogP contribution in [-0.4, -0.2) is 33.0 Å². The van der Waals surface area contributed by atoms with Gasteiger partial charge in [0.05, 0.1) is 11.8 Å². The minimum Gasteiger partial charge on any atom is -0.368 e. The Morgan fingerprint density at radius 2 is 2.25 bits per heavy atom. The highest BCUT2D eigenvalue weighted by molar-refractivity contribution is 5.86. The first-order valence-corrected chi connectivity index (χ1v) is 6.91. The zero-order valence-electron chi connectivity index (χ0n) is 12.2. The van der Waals surface area contributed by atoms with E-state index < -0.39 is 0 Å². The first-order valence-electron chi connectivity index (χ1n) is 6.91.